The molecule has 0 spiro atoms. The second-order valence-corrected chi connectivity index (χ2v) is 2.74. The molecule has 0 aromatic carbocycles. The van der Waals surface area contributed by atoms with E-state index >= 15 is 0 Å². The number of pyridine rings is 1. The Morgan fingerprint density at radius 2 is 2.40 bits per heavy atom. The average Bonchev–Trinajstić information content (AvgIpc) is 1.94. The Labute approximate surface area is 74.3 Å². The van der Waals surface area contributed by atoms with Crippen molar-refractivity contribution in [3.63, 3.8) is 0 Å². The van der Waals surface area contributed by atoms with E-state index in [0.717, 1.165) is 0 Å². The molecule has 0 N–H and O–H groups in total. The van der Waals surface area contributed by atoms with Crippen molar-refractivity contribution < 1.29 is 0 Å². The minimum Gasteiger partial charge on any atom is -0.264 e. The summed E-state index contributed by atoms with van der Waals surface area (Å²) in [4.78, 5) is 4.01. The molecule has 52 valence electrons. The smallest absolute Gasteiger partial charge is 0.0343 e. The van der Waals surface area contributed by atoms with Crippen molar-refractivity contribution in [1.82, 2.24) is 4.98 Å². The maximum absolute atomic E-state index is 4.01. The highest BCUT2D eigenvalue weighted by Gasteiger charge is 1.89. The molecule has 0 saturated heterocycles. The summed E-state index contributed by atoms with van der Waals surface area (Å²) in [5.74, 6) is 0. The first kappa shape index (κ1) is 7.72. The summed E-state index contributed by atoms with van der Waals surface area (Å²) in [5.41, 5.74) is 2.46. The van der Waals surface area contributed by atoms with Crippen LogP contribution in [0.15, 0.2) is 22.5 Å². The average molecular weight is 245 g/mol. The first-order chi connectivity index (χ1) is 4.84. The summed E-state index contributed by atoms with van der Waals surface area (Å²) in [7, 11) is 0. The van der Waals surface area contributed by atoms with Gasteiger partial charge in [0.1, 0.15) is 0 Å². The molecule has 0 bridgehead atoms. The Morgan fingerprint density at radius 1 is 1.60 bits per heavy atom. The molecule has 0 amide bonds. The lowest BCUT2D eigenvalue weighted by Crippen LogP contribution is -1.79. The van der Waals surface area contributed by atoms with Crippen molar-refractivity contribution >= 4 is 28.7 Å². The van der Waals surface area contributed by atoms with Crippen molar-refractivity contribution in [3.05, 3.63) is 33.7 Å². The van der Waals surface area contributed by atoms with Gasteiger partial charge in [-0.25, -0.2) is 0 Å². The zero-order valence-electron chi connectivity index (χ0n) is 5.71. The second kappa shape index (κ2) is 3.71. The van der Waals surface area contributed by atoms with E-state index in [4.69, 9.17) is 0 Å². The fourth-order valence-electron chi connectivity index (χ4n) is 0.719. The Kier molecular flexibility index (Phi) is 2.86. The van der Waals surface area contributed by atoms with Crippen LogP contribution in [0.3, 0.4) is 0 Å². The van der Waals surface area contributed by atoms with Crippen molar-refractivity contribution in [2.75, 3.05) is 0 Å². The predicted molar refractivity (Wildman–Crippen MR) is 52.0 cm³/mol. The zero-order valence-corrected chi connectivity index (χ0v) is 7.87. The number of halogens is 1. The fraction of sp³-hybridized carbons (Fsp3) is 0.125. The first-order valence-electron chi connectivity index (χ1n) is 3.02. The summed E-state index contributed by atoms with van der Waals surface area (Å²) in [6.45, 7) is 2.08. The van der Waals surface area contributed by atoms with E-state index in [2.05, 4.69) is 34.5 Å². The molecule has 1 nitrogen and oxygen atoms in total. The molecular weight excluding hydrogens is 237 g/mol. The topological polar surface area (TPSA) is 12.9 Å². The molecule has 0 saturated carbocycles. The number of hydrogen-bond donors (Lipinski definition) is 0. The van der Waals surface area contributed by atoms with Crippen molar-refractivity contribution in [2.45, 2.75) is 6.92 Å². The van der Waals surface area contributed by atoms with Crippen LogP contribution in [0.4, 0.5) is 0 Å². The molecule has 0 aliphatic carbocycles. The molecule has 1 heterocycles. The molecule has 1 aromatic rings. The third-order valence-corrected chi connectivity index (χ3v) is 1.68. The van der Waals surface area contributed by atoms with Crippen LogP contribution in [0.1, 0.15) is 11.1 Å². The van der Waals surface area contributed by atoms with Gasteiger partial charge >= 0.3 is 0 Å². The maximum Gasteiger partial charge on any atom is 0.0343 e. The maximum atomic E-state index is 4.01. The summed E-state index contributed by atoms with van der Waals surface area (Å²) in [5, 5.41) is 0. The van der Waals surface area contributed by atoms with E-state index in [0.29, 0.717) is 0 Å². The SMILES string of the molecule is Cc1ccncc1/C=C\I. The summed E-state index contributed by atoms with van der Waals surface area (Å²) >= 11 is 2.20. The van der Waals surface area contributed by atoms with E-state index in [1.54, 1.807) is 6.20 Å². The lowest BCUT2D eigenvalue weighted by atomic mass is 10.2. The lowest BCUT2D eigenvalue weighted by molar-refractivity contribution is 1.27. The Morgan fingerprint density at radius 3 is 3.00 bits per heavy atom. The molecule has 10 heavy (non-hydrogen) atoms. The molecule has 1 aromatic heterocycles. The van der Waals surface area contributed by atoms with Gasteiger partial charge in [-0.15, -0.1) is 0 Å². The van der Waals surface area contributed by atoms with Gasteiger partial charge in [-0.1, -0.05) is 22.6 Å². The highest BCUT2D eigenvalue weighted by Crippen LogP contribution is 2.07. The third kappa shape index (κ3) is 1.80. The van der Waals surface area contributed by atoms with Gasteiger partial charge in [-0.3, -0.25) is 4.98 Å². The van der Waals surface area contributed by atoms with E-state index in [1.165, 1.54) is 11.1 Å². The fourth-order valence-corrected chi connectivity index (χ4v) is 1.11. The summed E-state index contributed by atoms with van der Waals surface area (Å²) in [6, 6.07) is 2.01. The van der Waals surface area contributed by atoms with Gasteiger partial charge in [0.15, 0.2) is 0 Å². The van der Waals surface area contributed by atoms with E-state index < -0.39 is 0 Å². The minimum absolute atomic E-state index is 1.19. The van der Waals surface area contributed by atoms with Crippen LogP contribution in [0.25, 0.3) is 6.08 Å². The molecule has 0 radical (unpaired) electrons. The lowest BCUT2D eigenvalue weighted by Gasteiger charge is -1.95. The van der Waals surface area contributed by atoms with Crippen LogP contribution in [-0.2, 0) is 0 Å². The number of aryl methyl sites for hydroxylation is 1. The highest BCUT2D eigenvalue weighted by molar-refractivity contribution is 14.1. The van der Waals surface area contributed by atoms with Crippen LogP contribution in [0.5, 0.6) is 0 Å². The molecule has 0 aliphatic heterocycles. The Hall–Kier alpha value is -0.380. The van der Waals surface area contributed by atoms with E-state index in [9.17, 15) is 0 Å². The number of nitrogens with zero attached hydrogens (tertiary/aromatic N) is 1. The van der Waals surface area contributed by atoms with Crippen LogP contribution in [-0.4, -0.2) is 4.98 Å². The first-order valence-corrected chi connectivity index (χ1v) is 4.26. The van der Waals surface area contributed by atoms with Crippen LogP contribution in [0.2, 0.25) is 0 Å². The normalized spacial score (nSPS) is 10.6. The zero-order chi connectivity index (χ0) is 7.40. The monoisotopic (exact) mass is 245 g/mol. The third-order valence-electron chi connectivity index (χ3n) is 1.32. The molecular formula is C8H8IN. The predicted octanol–water partition coefficient (Wildman–Crippen LogP) is 2.80. The van der Waals surface area contributed by atoms with Crippen molar-refractivity contribution in [2.24, 2.45) is 0 Å². The van der Waals surface area contributed by atoms with Crippen LogP contribution in [0, 0.1) is 6.92 Å². The van der Waals surface area contributed by atoms with Crippen LogP contribution < -0.4 is 0 Å². The molecule has 0 fully saturated rings. The number of aromatic nitrogens is 1. The van der Waals surface area contributed by atoms with E-state index in [1.807, 2.05) is 22.4 Å². The van der Waals surface area contributed by atoms with Crippen LogP contribution >= 0.6 is 22.6 Å². The van der Waals surface area contributed by atoms with Crippen molar-refractivity contribution in [3.8, 4) is 0 Å². The van der Waals surface area contributed by atoms with Gasteiger partial charge in [0.05, 0.1) is 0 Å². The molecule has 0 unspecified atom stereocenters. The van der Waals surface area contributed by atoms with Gasteiger partial charge in [0.2, 0.25) is 0 Å². The standard InChI is InChI=1S/C8H8IN/c1-7-3-5-10-6-8(7)2-4-9/h2-6H,1H3/b4-2-. The second-order valence-electron chi connectivity index (χ2n) is 2.02. The Balaban J connectivity index is 3.03. The number of hydrogen-bond acceptors (Lipinski definition) is 1. The molecule has 2 heteroatoms. The van der Waals surface area contributed by atoms with Gasteiger partial charge in [0.25, 0.3) is 0 Å². The largest absolute Gasteiger partial charge is 0.264 e. The molecule has 0 atom stereocenters. The quantitative estimate of drug-likeness (QED) is 0.693. The van der Waals surface area contributed by atoms with Gasteiger partial charge in [-0.05, 0) is 34.3 Å². The van der Waals surface area contributed by atoms with Crippen molar-refractivity contribution in [1.29, 1.82) is 0 Å². The van der Waals surface area contributed by atoms with E-state index in [-0.39, 0.29) is 0 Å². The van der Waals surface area contributed by atoms with Gasteiger partial charge in [-0.2, -0.15) is 0 Å². The minimum atomic E-state index is 1.19. The van der Waals surface area contributed by atoms with Gasteiger partial charge in [0, 0.05) is 12.4 Å². The number of rotatable bonds is 1. The molecule has 1 rings (SSSR count). The molecule has 0 aliphatic rings. The summed E-state index contributed by atoms with van der Waals surface area (Å²) < 4.78 is 1.99. The summed E-state index contributed by atoms with van der Waals surface area (Å²) in [6.07, 6.45) is 5.72. The van der Waals surface area contributed by atoms with Gasteiger partial charge < -0.3 is 0 Å². The highest BCUT2D eigenvalue weighted by atomic mass is 127. The Bertz CT molecular complexity index is 243.